The summed E-state index contributed by atoms with van der Waals surface area (Å²) in [5, 5.41) is 0. The second kappa shape index (κ2) is 6.88. The summed E-state index contributed by atoms with van der Waals surface area (Å²) >= 11 is 3.39. The Morgan fingerprint density at radius 1 is 1.43 bits per heavy atom. The predicted octanol–water partition coefficient (Wildman–Crippen LogP) is 1.37. The SMILES string of the molecule is NC[C@@H]1CCN(C(=O)CCN2C(=O)COc3cc(Br)ccc32)C1. The van der Waals surface area contributed by atoms with E-state index < -0.39 is 0 Å². The van der Waals surface area contributed by atoms with Gasteiger partial charge in [-0.3, -0.25) is 9.59 Å². The Morgan fingerprint density at radius 3 is 3.00 bits per heavy atom. The average Bonchev–Trinajstić information content (AvgIpc) is 3.03. The Balaban J connectivity index is 1.64. The van der Waals surface area contributed by atoms with Crippen LogP contribution in [0.3, 0.4) is 0 Å². The number of benzene rings is 1. The minimum Gasteiger partial charge on any atom is -0.482 e. The van der Waals surface area contributed by atoms with Crippen molar-refractivity contribution in [3.05, 3.63) is 22.7 Å². The largest absolute Gasteiger partial charge is 0.482 e. The number of fused-ring (bicyclic) bond motifs is 1. The molecule has 2 aliphatic rings. The lowest BCUT2D eigenvalue weighted by atomic mass is 10.1. The van der Waals surface area contributed by atoms with E-state index in [2.05, 4.69) is 15.9 Å². The number of likely N-dealkylation sites (tertiary alicyclic amines) is 1. The average molecular weight is 382 g/mol. The van der Waals surface area contributed by atoms with Gasteiger partial charge in [-0.2, -0.15) is 0 Å². The van der Waals surface area contributed by atoms with E-state index in [-0.39, 0.29) is 18.4 Å². The lowest BCUT2D eigenvalue weighted by molar-refractivity contribution is -0.130. The molecule has 23 heavy (non-hydrogen) atoms. The number of anilines is 1. The van der Waals surface area contributed by atoms with Gasteiger partial charge < -0.3 is 20.3 Å². The van der Waals surface area contributed by atoms with E-state index in [0.29, 0.717) is 31.2 Å². The highest BCUT2D eigenvalue weighted by Gasteiger charge is 2.29. The normalized spacial score (nSPS) is 20.4. The summed E-state index contributed by atoms with van der Waals surface area (Å²) in [7, 11) is 0. The molecule has 1 aromatic rings. The summed E-state index contributed by atoms with van der Waals surface area (Å²) < 4.78 is 6.35. The summed E-state index contributed by atoms with van der Waals surface area (Å²) in [4.78, 5) is 27.9. The number of carbonyl (C=O) groups is 2. The highest BCUT2D eigenvalue weighted by atomic mass is 79.9. The van der Waals surface area contributed by atoms with Gasteiger partial charge in [-0.1, -0.05) is 15.9 Å². The van der Waals surface area contributed by atoms with Gasteiger partial charge in [0, 0.05) is 30.5 Å². The van der Waals surface area contributed by atoms with Crippen molar-refractivity contribution >= 4 is 33.4 Å². The molecule has 2 amide bonds. The fourth-order valence-corrected chi connectivity index (χ4v) is 3.38. The Morgan fingerprint density at radius 2 is 2.26 bits per heavy atom. The van der Waals surface area contributed by atoms with Gasteiger partial charge in [-0.15, -0.1) is 0 Å². The molecule has 3 rings (SSSR count). The zero-order valence-corrected chi connectivity index (χ0v) is 14.4. The number of ether oxygens (including phenoxy) is 1. The van der Waals surface area contributed by atoms with Crippen LogP contribution in [0.4, 0.5) is 5.69 Å². The molecule has 0 unspecified atom stereocenters. The number of hydrogen-bond acceptors (Lipinski definition) is 4. The standard InChI is InChI=1S/C16H20BrN3O3/c17-12-1-2-13-14(7-12)23-10-16(22)20(13)6-4-15(21)19-5-3-11(8-18)9-19/h1-2,7,11H,3-6,8-10,18H2/t11-/m0/s1. The molecule has 0 saturated carbocycles. The van der Waals surface area contributed by atoms with E-state index in [1.165, 1.54) is 0 Å². The maximum absolute atomic E-state index is 12.3. The molecule has 1 atom stereocenters. The topological polar surface area (TPSA) is 75.9 Å². The summed E-state index contributed by atoms with van der Waals surface area (Å²) in [6, 6.07) is 5.53. The van der Waals surface area contributed by atoms with Crippen LogP contribution in [0.2, 0.25) is 0 Å². The minimum absolute atomic E-state index is 0.0105. The van der Waals surface area contributed by atoms with Gasteiger partial charge in [0.25, 0.3) is 5.91 Å². The molecule has 2 aliphatic heterocycles. The fourth-order valence-electron chi connectivity index (χ4n) is 3.04. The van der Waals surface area contributed by atoms with Gasteiger partial charge in [0.05, 0.1) is 5.69 Å². The van der Waals surface area contributed by atoms with Crippen molar-refractivity contribution < 1.29 is 14.3 Å². The second-order valence-electron chi connectivity index (χ2n) is 5.93. The van der Waals surface area contributed by atoms with Crippen LogP contribution in [0.25, 0.3) is 0 Å². The summed E-state index contributed by atoms with van der Waals surface area (Å²) in [5.74, 6) is 1.03. The summed E-state index contributed by atoms with van der Waals surface area (Å²) in [5.41, 5.74) is 6.38. The molecule has 0 aliphatic carbocycles. The number of carbonyl (C=O) groups excluding carboxylic acids is 2. The number of halogens is 1. The van der Waals surface area contributed by atoms with Crippen LogP contribution < -0.4 is 15.4 Å². The molecule has 2 N–H and O–H groups in total. The molecule has 1 aromatic carbocycles. The fraction of sp³-hybridized carbons (Fsp3) is 0.500. The van der Waals surface area contributed by atoms with Crippen LogP contribution in [0.15, 0.2) is 22.7 Å². The van der Waals surface area contributed by atoms with Crippen LogP contribution in [-0.2, 0) is 9.59 Å². The van der Waals surface area contributed by atoms with Crippen molar-refractivity contribution in [2.45, 2.75) is 12.8 Å². The Hall–Kier alpha value is -1.60. The number of amides is 2. The lowest BCUT2D eigenvalue weighted by Gasteiger charge is -2.30. The third-order valence-corrected chi connectivity index (χ3v) is 4.88. The Labute approximate surface area is 143 Å². The van der Waals surface area contributed by atoms with Crippen LogP contribution >= 0.6 is 15.9 Å². The second-order valence-corrected chi connectivity index (χ2v) is 6.84. The molecule has 7 heteroatoms. The third-order valence-electron chi connectivity index (χ3n) is 4.39. The van der Waals surface area contributed by atoms with Crippen molar-refractivity contribution in [1.82, 2.24) is 4.90 Å². The highest BCUT2D eigenvalue weighted by Crippen LogP contribution is 2.34. The van der Waals surface area contributed by atoms with E-state index in [4.69, 9.17) is 10.5 Å². The highest BCUT2D eigenvalue weighted by molar-refractivity contribution is 9.10. The van der Waals surface area contributed by atoms with Crippen molar-refractivity contribution in [1.29, 1.82) is 0 Å². The molecular formula is C16H20BrN3O3. The maximum atomic E-state index is 12.3. The first-order valence-corrected chi connectivity index (χ1v) is 8.58. The first kappa shape index (κ1) is 16.3. The summed E-state index contributed by atoms with van der Waals surface area (Å²) in [6.45, 7) is 2.50. The van der Waals surface area contributed by atoms with Crippen LogP contribution in [0.5, 0.6) is 5.75 Å². The molecular weight excluding hydrogens is 362 g/mol. The van der Waals surface area contributed by atoms with Crippen LogP contribution in [0, 0.1) is 5.92 Å². The number of nitrogens with zero attached hydrogens (tertiary/aromatic N) is 2. The smallest absolute Gasteiger partial charge is 0.265 e. The predicted molar refractivity (Wildman–Crippen MR) is 90.3 cm³/mol. The zero-order chi connectivity index (χ0) is 16.4. The first-order valence-electron chi connectivity index (χ1n) is 7.79. The molecule has 6 nitrogen and oxygen atoms in total. The summed E-state index contributed by atoms with van der Waals surface area (Å²) in [6.07, 6.45) is 1.29. The quantitative estimate of drug-likeness (QED) is 0.854. The van der Waals surface area contributed by atoms with Gasteiger partial charge in [0.1, 0.15) is 5.75 Å². The molecule has 2 heterocycles. The Bertz CT molecular complexity index is 623. The number of nitrogens with two attached hydrogens (primary N) is 1. The van der Waals surface area contributed by atoms with E-state index in [1.54, 1.807) is 4.90 Å². The minimum atomic E-state index is -0.117. The molecule has 1 saturated heterocycles. The van der Waals surface area contributed by atoms with E-state index >= 15 is 0 Å². The number of hydrogen-bond donors (Lipinski definition) is 1. The molecule has 0 aromatic heterocycles. The van der Waals surface area contributed by atoms with Crippen molar-refractivity contribution in [2.75, 3.05) is 37.7 Å². The van der Waals surface area contributed by atoms with E-state index in [0.717, 1.165) is 29.7 Å². The third kappa shape index (κ3) is 3.50. The molecule has 1 fully saturated rings. The maximum Gasteiger partial charge on any atom is 0.265 e. The van der Waals surface area contributed by atoms with Gasteiger partial charge in [0.15, 0.2) is 6.61 Å². The van der Waals surface area contributed by atoms with Crippen molar-refractivity contribution in [2.24, 2.45) is 11.7 Å². The molecule has 0 spiro atoms. The molecule has 0 bridgehead atoms. The molecule has 0 radical (unpaired) electrons. The van der Waals surface area contributed by atoms with E-state index in [1.807, 2.05) is 23.1 Å². The molecule has 124 valence electrons. The number of rotatable bonds is 4. The monoisotopic (exact) mass is 381 g/mol. The van der Waals surface area contributed by atoms with Gasteiger partial charge in [-0.25, -0.2) is 0 Å². The van der Waals surface area contributed by atoms with Crippen molar-refractivity contribution in [3.63, 3.8) is 0 Å². The Kier molecular flexibility index (Phi) is 4.87. The zero-order valence-electron chi connectivity index (χ0n) is 12.8. The van der Waals surface area contributed by atoms with Crippen LogP contribution in [0.1, 0.15) is 12.8 Å². The van der Waals surface area contributed by atoms with Crippen molar-refractivity contribution in [3.8, 4) is 5.75 Å². The van der Waals surface area contributed by atoms with Gasteiger partial charge >= 0.3 is 0 Å². The lowest BCUT2D eigenvalue weighted by Crippen LogP contribution is -2.41. The van der Waals surface area contributed by atoms with Gasteiger partial charge in [0.2, 0.25) is 5.91 Å². The van der Waals surface area contributed by atoms with E-state index in [9.17, 15) is 9.59 Å². The van der Waals surface area contributed by atoms with Crippen LogP contribution in [-0.4, -0.2) is 49.5 Å². The first-order chi connectivity index (χ1) is 11.1. The van der Waals surface area contributed by atoms with Gasteiger partial charge in [-0.05, 0) is 37.1 Å².